The molecular formula is C18H24FN4O3+. The van der Waals surface area contributed by atoms with Crippen molar-refractivity contribution in [2.45, 2.75) is 51.0 Å². The Morgan fingerprint density at radius 1 is 1.46 bits per heavy atom. The molecule has 4 rings (SSSR count). The highest BCUT2D eigenvalue weighted by molar-refractivity contribution is 5.82. The minimum atomic E-state index is -0.583. The standard InChI is InChI=1S/C18H23FN4O3/c1-9(2)3-4-20-13-6-10-5-12(13)16-11(10)7-14(24)18(17(16)19)22-8-15(25)21-23(22)26/h7,9-10,12-13,20H,3-6,8H2,1-2H3,(H-,21,24,25,26)/p+1. The molecule has 26 heavy (non-hydrogen) atoms. The number of nitroso groups, excluding NO2 is 1. The number of hydrazine groups is 2. The minimum Gasteiger partial charge on any atom is -0.505 e. The van der Waals surface area contributed by atoms with E-state index in [0.717, 1.165) is 36.4 Å². The van der Waals surface area contributed by atoms with Gasteiger partial charge in [-0.25, -0.2) is 4.39 Å². The summed E-state index contributed by atoms with van der Waals surface area (Å²) in [6, 6.07) is 1.78. The molecule has 2 fully saturated rings. The van der Waals surface area contributed by atoms with Gasteiger partial charge in [0.2, 0.25) is 0 Å². The Kier molecular flexibility index (Phi) is 4.10. The minimum absolute atomic E-state index is 0.0351. The zero-order valence-electron chi connectivity index (χ0n) is 15.0. The van der Waals surface area contributed by atoms with Crippen molar-refractivity contribution in [1.29, 1.82) is 0 Å². The summed E-state index contributed by atoms with van der Waals surface area (Å²) in [4.78, 5) is 23.5. The van der Waals surface area contributed by atoms with Gasteiger partial charge in [0.25, 0.3) is 4.98 Å². The Balaban J connectivity index is 1.64. The number of aromatic hydroxyl groups is 1. The average molecular weight is 363 g/mol. The monoisotopic (exact) mass is 363 g/mol. The largest absolute Gasteiger partial charge is 0.505 e. The number of benzene rings is 1. The molecule has 1 saturated heterocycles. The predicted octanol–water partition coefficient (Wildman–Crippen LogP) is 2.06. The summed E-state index contributed by atoms with van der Waals surface area (Å²) in [5.41, 5.74) is 3.25. The van der Waals surface area contributed by atoms with Crippen LogP contribution in [-0.2, 0) is 4.79 Å². The fourth-order valence-corrected chi connectivity index (χ4v) is 4.59. The van der Waals surface area contributed by atoms with Gasteiger partial charge < -0.3 is 10.4 Å². The molecule has 1 aromatic rings. The van der Waals surface area contributed by atoms with E-state index in [1.807, 2.05) is 5.43 Å². The fourth-order valence-electron chi connectivity index (χ4n) is 4.59. The average Bonchev–Trinajstić information content (AvgIpc) is 3.20. The van der Waals surface area contributed by atoms with Crippen LogP contribution in [0.4, 0.5) is 10.1 Å². The Bertz CT molecular complexity index is 782. The van der Waals surface area contributed by atoms with Gasteiger partial charge in [0.1, 0.15) is 5.75 Å². The summed E-state index contributed by atoms with van der Waals surface area (Å²) in [5.74, 6) is -0.544. The van der Waals surface area contributed by atoms with E-state index in [1.54, 1.807) is 6.07 Å². The first-order valence-electron chi connectivity index (χ1n) is 9.19. The molecule has 0 aromatic heterocycles. The molecule has 2 aliphatic carbocycles. The van der Waals surface area contributed by atoms with Crippen molar-refractivity contribution in [2.24, 2.45) is 5.92 Å². The van der Waals surface area contributed by atoms with Gasteiger partial charge in [-0.2, -0.15) is 0 Å². The quantitative estimate of drug-likeness (QED) is 0.698. The SMILES string of the molecule is CC(C)CCNC1CC2CC1c1c2cc(O)c(N2CC(=O)N[N+]2=O)c1F. The first kappa shape index (κ1) is 17.2. The van der Waals surface area contributed by atoms with Crippen molar-refractivity contribution in [3.8, 4) is 5.75 Å². The summed E-state index contributed by atoms with van der Waals surface area (Å²) < 4.78 is 15.3. The molecule has 0 radical (unpaired) electrons. The normalized spacial score (nSPS) is 26.8. The highest BCUT2D eigenvalue weighted by Crippen LogP contribution is 2.56. The van der Waals surface area contributed by atoms with E-state index in [4.69, 9.17) is 0 Å². The van der Waals surface area contributed by atoms with Crippen molar-refractivity contribution < 1.29 is 19.3 Å². The number of nitrogens with zero attached hydrogens (tertiary/aromatic N) is 2. The molecule has 1 heterocycles. The first-order valence-corrected chi connectivity index (χ1v) is 9.19. The highest BCUT2D eigenvalue weighted by atomic mass is 19.1. The van der Waals surface area contributed by atoms with Crippen LogP contribution in [0, 0.1) is 16.6 Å². The zero-order chi connectivity index (χ0) is 18.6. The third-order valence-corrected chi connectivity index (χ3v) is 5.78. The third-order valence-electron chi connectivity index (χ3n) is 5.78. The van der Waals surface area contributed by atoms with Crippen LogP contribution >= 0.6 is 0 Å². The summed E-state index contributed by atoms with van der Waals surface area (Å²) in [6.45, 7) is 4.93. The van der Waals surface area contributed by atoms with Crippen LogP contribution in [0.2, 0.25) is 0 Å². The number of halogens is 1. The van der Waals surface area contributed by atoms with Crippen LogP contribution in [0.5, 0.6) is 5.75 Å². The van der Waals surface area contributed by atoms with Crippen LogP contribution < -0.4 is 15.8 Å². The second-order valence-electron chi connectivity index (χ2n) is 7.94. The smallest absolute Gasteiger partial charge is 0.307 e. The molecule has 0 spiro atoms. The zero-order valence-corrected chi connectivity index (χ0v) is 15.0. The number of fused-ring (bicyclic) bond motifs is 5. The van der Waals surface area contributed by atoms with Crippen molar-refractivity contribution >= 4 is 11.6 Å². The second kappa shape index (κ2) is 6.19. The van der Waals surface area contributed by atoms with Crippen molar-refractivity contribution in [1.82, 2.24) is 10.7 Å². The lowest BCUT2D eigenvalue weighted by molar-refractivity contribution is -0.591. The van der Waals surface area contributed by atoms with Gasteiger partial charge in [0.05, 0.1) is 4.91 Å². The van der Waals surface area contributed by atoms with Crippen LogP contribution in [0.25, 0.3) is 0 Å². The molecule has 3 aliphatic rings. The van der Waals surface area contributed by atoms with Crippen molar-refractivity contribution in [2.75, 3.05) is 18.1 Å². The molecule has 1 aliphatic heterocycles. The number of carbonyl (C=O) groups excluding carboxylic acids is 1. The molecule has 140 valence electrons. The Labute approximate surface area is 151 Å². The maximum Gasteiger partial charge on any atom is 0.307 e. The Morgan fingerprint density at radius 2 is 2.23 bits per heavy atom. The van der Waals surface area contributed by atoms with Gasteiger partial charge in [0, 0.05) is 12.0 Å². The highest BCUT2D eigenvalue weighted by Gasteiger charge is 2.49. The van der Waals surface area contributed by atoms with Crippen molar-refractivity contribution in [3.05, 3.63) is 27.9 Å². The van der Waals surface area contributed by atoms with Crippen LogP contribution in [0.1, 0.15) is 56.1 Å². The van der Waals surface area contributed by atoms with Gasteiger partial charge in [-0.1, -0.05) is 24.3 Å². The number of anilines is 1. The van der Waals surface area contributed by atoms with Gasteiger partial charge in [0.15, 0.2) is 18.0 Å². The summed E-state index contributed by atoms with van der Waals surface area (Å²) in [6.07, 6.45) is 2.86. The number of nitrogens with one attached hydrogen (secondary N) is 2. The number of hydrogen-bond acceptors (Lipinski definition) is 4. The fraction of sp³-hybridized carbons (Fsp3) is 0.611. The molecule has 3 atom stereocenters. The van der Waals surface area contributed by atoms with E-state index in [-0.39, 0.29) is 40.8 Å². The van der Waals surface area contributed by atoms with E-state index < -0.39 is 11.7 Å². The summed E-state index contributed by atoms with van der Waals surface area (Å²) in [7, 11) is 0. The number of rotatable bonds is 5. The van der Waals surface area contributed by atoms with Crippen LogP contribution in [-0.4, -0.2) is 35.1 Å². The molecular weight excluding hydrogens is 339 g/mol. The number of hydrogen-bond donors (Lipinski definition) is 3. The molecule has 1 aromatic carbocycles. The van der Waals surface area contributed by atoms with Gasteiger partial charge >= 0.3 is 5.91 Å². The topological polar surface area (TPSA) is 84.7 Å². The summed E-state index contributed by atoms with van der Waals surface area (Å²) in [5, 5.41) is 14.8. The lowest BCUT2D eigenvalue weighted by Crippen LogP contribution is -2.35. The van der Waals surface area contributed by atoms with Gasteiger partial charge in [-0.3, -0.25) is 4.79 Å². The second-order valence-corrected chi connectivity index (χ2v) is 7.94. The molecule has 1 amide bonds. The Hall–Kier alpha value is -2.22. The van der Waals surface area contributed by atoms with E-state index >= 15 is 4.39 Å². The lowest BCUT2D eigenvalue weighted by atomic mass is 9.86. The van der Waals surface area contributed by atoms with Gasteiger partial charge in [-0.15, -0.1) is 0 Å². The Morgan fingerprint density at radius 3 is 2.88 bits per heavy atom. The molecule has 3 unspecified atom stereocenters. The van der Waals surface area contributed by atoms with E-state index in [0.29, 0.717) is 11.5 Å². The molecule has 3 N–H and O–H groups in total. The maximum atomic E-state index is 15.3. The molecule has 7 nitrogen and oxygen atoms in total. The number of phenols is 1. The number of phenolic OH excluding ortho intramolecular Hbond substituents is 1. The van der Waals surface area contributed by atoms with E-state index in [1.165, 1.54) is 0 Å². The third kappa shape index (κ3) is 2.63. The van der Waals surface area contributed by atoms with Crippen LogP contribution in [0.3, 0.4) is 0 Å². The molecule has 1 saturated carbocycles. The maximum absolute atomic E-state index is 15.3. The van der Waals surface area contributed by atoms with Crippen LogP contribution in [0.15, 0.2) is 6.07 Å². The van der Waals surface area contributed by atoms with E-state index in [9.17, 15) is 14.8 Å². The first-order chi connectivity index (χ1) is 12.4. The lowest BCUT2D eigenvalue weighted by Gasteiger charge is -2.27. The number of carbonyl (C=O) groups is 1. The van der Waals surface area contributed by atoms with Crippen molar-refractivity contribution in [3.63, 3.8) is 0 Å². The number of amides is 1. The summed E-state index contributed by atoms with van der Waals surface area (Å²) >= 11 is 0. The predicted molar refractivity (Wildman–Crippen MR) is 93.1 cm³/mol. The molecule has 2 bridgehead atoms. The molecule has 8 heteroatoms. The van der Waals surface area contributed by atoms with E-state index in [2.05, 4.69) is 19.2 Å². The van der Waals surface area contributed by atoms with Gasteiger partial charge in [-0.05, 0) is 54.8 Å².